The minimum absolute atomic E-state index is 0.0439. The Bertz CT molecular complexity index is 502. The number of rotatable bonds is 4. The smallest absolute Gasteiger partial charge is 0.223 e. The fourth-order valence-corrected chi connectivity index (χ4v) is 2.97. The Labute approximate surface area is 127 Å². The first-order chi connectivity index (χ1) is 10.0. The predicted molar refractivity (Wildman–Crippen MR) is 84.5 cm³/mol. The van der Waals surface area contributed by atoms with Crippen LogP contribution >= 0.6 is 0 Å². The lowest BCUT2D eigenvalue weighted by molar-refractivity contribution is -0.126. The van der Waals surface area contributed by atoms with Crippen LogP contribution in [0.15, 0.2) is 18.2 Å². The van der Waals surface area contributed by atoms with E-state index in [0.29, 0.717) is 6.04 Å². The van der Waals surface area contributed by atoms with Gasteiger partial charge >= 0.3 is 0 Å². The van der Waals surface area contributed by atoms with Crippen molar-refractivity contribution in [1.82, 2.24) is 10.6 Å². The fourth-order valence-electron chi connectivity index (χ4n) is 2.97. The van der Waals surface area contributed by atoms with Crippen LogP contribution in [0.4, 0.5) is 0 Å². The number of hydrogen-bond donors (Lipinski definition) is 2. The van der Waals surface area contributed by atoms with Gasteiger partial charge in [-0.1, -0.05) is 17.7 Å². The van der Waals surface area contributed by atoms with Crippen LogP contribution in [0.5, 0.6) is 5.75 Å². The zero-order chi connectivity index (χ0) is 15.4. The molecule has 0 aliphatic carbocycles. The third-order valence-corrected chi connectivity index (χ3v) is 4.20. The Balaban J connectivity index is 2.05. The molecule has 1 aliphatic rings. The quantitative estimate of drug-likeness (QED) is 0.896. The Kier molecular flexibility index (Phi) is 5.23. The highest BCUT2D eigenvalue weighted by Crippen LogP contribution is 2.27. The molecule has 3 atom stereocenters. The molecule has 1 aromatic rings. The summed E-state index contributed by atoms with van der Waals surface area (Å²) < 4.78 is 5.40. The topological polar surface area (TPSA) is 50.4 Å². The molecule has 4 heteroatoms. The molecule has 1 amide bonds. The molecule has 0 bridgehead atoms. The van der Waals surface area contributed by atoms with E-state index in [1.807, 2.05) is 26.0 Å². The van der Waals surface area contributed by atoms with Gasteiger partial charge in [-0.25, -0.2) is 0 Å². The summed E-state index contributed by atoms with van der Waals surface area (Å²) in [5.41, 5.74) is 2.20. The van der Waals surface area contributed by atoms with Crippen molar-refractivity contribution in [3.63, 3.8) is 0 Å². The number of piperidine rings is 1. The molecule has 2 rings (SSSR count). The van der Waals surface area contributed by atoms with Gasteiger partial charge < -0.3 is 15.4 Å². The van der Waals surface area contributed by atoms with Crippen LogP contribution in [0.2, 0.25) is 0 Å². The van der Waals surface area contributed by atoms with Crippen LogP contribution in [-0.2, 0) is 4.79 Å². The average Bonchev–Trinajstić information content (AvgIpc) is 2.47. The molecule has 1 aromatic carbocycles. The van der Waals surface area contributed by atoms with Gasteiger partial charge in [-0.3, -0.25) is 4.79 Å². The van der Waals surface area contributed by atoms with Crippen molar-refractivity contribution < 1.29 is 9.53 Å². The fraction of sp³-hybridized carbons (Fsp3) is 0.588. The number of carbonyl (C=O) groups excluding carboxylic acids is 1. The molecule has 1 fully saturated rings. The van der Waals surface area contributed by atoms with Crippen molar-refractivity contribution >= 4 is 5.91 Å². The number of nitrogens with one attached hydrogen (secondary N) is 2. The summed E-state index contributed by atoms with van der Waals surface area (Å²) in [5, 5.41) is 6.52. The maximum atomic E-state index is 12.4. The third-order valence-electron chi connectivity index (χ3n) is 4.20. The largest absolute Gasteiger partial charge is 0.496 e. The van der Waals surface area contributed by atoms with Gasteiger partial charge in [-0.05, 0) is 46.2 Å². The van der Waals surface area contributed by atoms with E-state index >= 15 is 0 Å². The Morgan fingerprint density at radius 1 is 1.48 bits per heavy atom. The second-order valence-corrected chi connectivity index (χ2v) is 6.05. The van der Waals surface area contributed by atoms with Gasteiger partial charge in [0.05, 0.1) is 13.2 Å². The molecule has 1 saturated heterocycles. The molecule has 21 heavy (non-hydrogen) atoms. The molecule has 4 nitrogen and oxygen atoms in total. The highest BCUT2D eigenvalue weighted by molar-refractivity contribution is 5.79. The predicted octanol–water partition coefficient (Wildman–Crippen LogP) is 2.57. The summed E-state index contributed by atoms with van der Waals surface area (Å²) in [4.78, 5) is 12.4. The summed E-state index contributed by atoms with van der Waals surface area (Å²) in [6.45, 7) is 7.11. The van der Waals surface area contributed by atoms with Crippen LogP contribution in [0.3, 0.4) is 0 Å². The number of methoxy groups -OCH3 is 1. The molecule has 2 N–H and O–H groups in total. The van der Waals surface area contributed by atoms with E-state index in [1.165, 1.54) is 5.56 Å². The summed E-state index contributed by atoms with van der Waals surface area (Å²) in [7, 11) is 1.66. The maximum Gasteiger partial charge on any atom is 0.223 e. The zero-order valence-corrected chi connectivity index (χ0v) is 13.4. The van der Waals surface area contributed by atoms with Gasteiger partial charge in [-0.2, -0.15) is 0 Å². The standard InChI is InChI=1S/C17H26N2O2/c1-11-5-6-16(21-4)15(9-11)13(3)19-17(20)14-7-8-18-12(2)10-14/h5-6,9,12-14,18H,7-8,10H2,1-4H3,(H,19,20). The molecule has 0 radical (unpaired) electrons. The van der Waals surface area contributed by atoms with Crippen molar-refractivity contribution in [2.24, 2.45) is 5.92 Å². The molecular formula is C17H26N2O2. The van der Waals surface area contributed by atoms with Crippen molar-refractivity contribution in [2.45, 2.75) is 45.7 Å². The lowest BCUT2D eigenvalue weighted by Crippen LogP contribution is -2.43. The lowest BCUT2D eigenvalue weighted by atomic mass is 9.92. The van der Waals surface area contributed by atoms with Gasteiger partial charge in [0.2, 0.25) is 5.91 Å². The van der Waals surface area contributed by atoms with Crippen molar-refractivity contribution in [3.05, 3.63) is 29.3 Å². The number of hydrogen-bond acceptors (Lipinski definition) is 3. The van der Waals surface area contributed by atoms with E-state index in [2.05, 4.69) is 23.6 Å². The molecule has 0 aromatic heterocycles. The minimum atomic E-state index is -0.0439. The van der Waals surface area contributed by atoms with Crippen LogP contribution in [0, 0.1) is 12.8 Å². The Hall–Kier alpha value is -1.55. The first-order valence-corrected chi connectivity index (χ1v) is 7.69. The monoisotopic (exact) mass is 290 g/mol. The van der Waals surface area contributed by atoms with Crippen molar-refractivity contribution in [2.75, 3.05) is 13.7 Å². The highest BCUT2D eigenvalue weighted by Gasteiger charge is 2.26. The molecular weight excluding hydrogens is 264 g/mol. The van der Waals surface area contributed by atoms with Crippen LogP contribution in [0.1, 0.15) is 43.9 Å². The van der Waals surface area contributed by atoms with Crippen LogP contribution in [0.25, 0.3) is 0 Å². The second kappa shape index (κ2) is 6.94. The first kappa shape index (κ1) is 15.8. The van der Waals surface area contributed by atoms with Crippen LogP contribution in [-0.4, -0.2) is 25.6 Å². The number of benzene rings is 1. The molecule has 1 heterocycles. The molecule has 3 unspecified atom stereocenters. The SMILES string of the molecule is COc1ccc(C)cc1C(C)NC(=O)C1CCNC(C)C1. The lowest BCUT2D eigenvalue weighted by Gasteiger charge is -2.28. The zero-order valence-electron chi connectivity index (χ0n) is 13.4. The number of aryl methyl sites for hydroxylation is 1. The molecule has 0 saturated carbocycles. The summed E-state index contributed by atoms with van der Waals surface area (Å²) >= 11 is 0. The number of carbonyl (C=O) groups is 1. The number of amides is 1. The molecule has 0 spiro atoms. The highest BCUT2D eigenvalue weighted by atomic mass is 16.5. The van der Waals surface area contributed by atoms with Gasteiger partial charge in [0, 0.05) is 17.5 Å². The normalized spacial score (nSPS) is 23.4. The van der Waals surface area contributed by atoms with Gasteiger partial charge in [0.15, 0.2) is 0 Å². The van der Waals surface area contributed by atoms with Gasteiger partial charge in [-0.15, -0.1) is 0 Å². The molecule has 116 valence electrons. The van der Waals surface area contributed by atoms with Crippen molar-refractivity contribution in [1.29, 1.82) is 0 Å². The molecule has 1 aliphatic heterocycles. The van der Waals surface area contributed by atoms with Crippen molar-refractivity contribution in [3.8, 4) is 5.75 Å². The van der Waals surface area contributed by atoms with E-state index in [1.54, 1.807) is 7.11 Å². The summed E-state index contributed by atoms with van der Waals surface area (Å²) in [5.74, 6) is 1.09. The van der Waals surface area contributed by atoms with Gasteiger partial charge in [0.25, 0.3) is 0 Å². The van der Waals surface area contributed by atoms with E-state index in [0.717, 1.165) is 30.7 Å². The average molecular weight is 290 g/mol. The van der Waals surface area contributed by atoms with E-state index < -0.39 is 0 Å². The Morgan fingerprint density at radius 2 is 2.24 bits per heavy atom. The first-order valence-electron chi connectivity index (χ1n) is 7.69. The maximum absolute atomic E-state index is 12.4. The van der Waals surface area contributed by atoms with E-state index in [9.17, 15) is 4.79 Å². The summed E-state index contributed by atoms with van der Waals surface area (Å²) in [6.07, 6.45) is 1.82. The summed E-state index contributed by atoms with van der Waals surface area (Å²) in [6, 6.07) is 6.43. The Morgan fingerprint density at radius 3 is 2.90 bits per heavy atom. The second-order valence-electron chi connectivity index (χ2n) is 6.05. The van der Waals surface area contributed by atoms with Crippen LogP contribution < -0.4 is 15.4 Å². The van der Waals surface area contributed by atoms with E-state index in [4.69, 9.17) is 4.74 Å². The number of ether oxygens (including phenoxy) is 1. The van der Waals surface area contributed by atoms with E-state index in [-0.39, 0.29) is 17.9 Å². The van der Waals surface area contributed by atoms with Gasteiger partial charge in [0.1, 0.15) is 5.75 Å². The minimum Gasteiger partial charge on any atom is -0.496 e. The third kappa shape index (κ3) is 3.97.